The van der Waals surface area contributed by atoms with Crippen molar-refractivity contribution in [2.45, 2.75) is 57.6 Å². The molecule has 0 heterocycles. The number of amides is 1. The molecule has 1 amide bonds. The van der Waals surface area contributed by atoms with Crippen LogP contribution in [0.4, 0.5) is 0 Å². The summed E-state index contributed by atoms with van der Waals surface area (Å²) in [5.41, 5.74) is 0. The third-order valence-corrected chi connectivity index (χ3v) is 3.56. The van der Waals surface area contributed by atoms with E-state index in [9.17, 15) is 9.59 Å². The maximum atomic E-state index is 11.9. The molecule has 1 fully saturated rings. The predicted molar refractivity (Wildman–Crippen MR) is 79.1 cm³/mol. The molecule has 0 bridgehead atoms. The standard InChI is InChI=1S/C16H25NO3/c1-4-6-11-15(18)17-13-9-7-10-14(13)20-16(19)12(3)8-5-2/h4-5,12-14H,1-2,6-11H2,3H3,(H,17,18)/t12-,13?,14?/m0/s1. The van der Waals surface area contributed by atoms with Gasteiger partial charge in [-0.25, -0.2) is 0 Å². The monoisotopic (exact) mass is 279 g/mol. The number of esters is 1. The van der Waals surface area contributed by atoms with Crippen LogP contribution in [0.25, 0.3) is 0 Å². The fraction of sp³-hybridized carbons (Fsp3) is 0.625. The van der Waals surface area contributed by atoms with Crippen molar-refractivity contribution in [2.75, 3.05) is 0 Å². The molecule has 0 aromatic heterocycles. The molecule has 1 aliphatic rings. The first-order chi connectivity index (χ1) is 9.58. The van der Waals surface area contributed by atoms with E-state index in [1.165, 1.54) is 0 Å². The number of carbonyl (C=O) groups excluding carboxylic acids is 2. The molecule has 3 atom stereocenters. The molecule has 0 spiro atoms. The van der Waals surface area contributed by atoms with Gasteiger partial charge in [0.25, 0.3) is 0 Å². The summed E-state index contributed by atoms with van der Waals surface area (Å²) >= 11 is 0. The highest BCUT2D eigenvalue weighted by Crippen LogP contribution is 2.23. The molecular weight excluding hydrogens is 254 g/mol. The van der Waals surface area contributed by atoms with Crippen LogP contribution in [0.5, 0.6) is 0 Å². The van der Waals surface area contributed by atoms with Crippen molar-refractivity contribution in [3.8, 4) is 0 Å². The van der Waals surface area contributed by atoms with Crippen LogP contribution in [-0.2, 0) is 14.3 Å². The second kappa shape index (κ2) is 8.56. The smallest absolute Gasteiger partial charge is 0.309 e. The summed E-state index contributed by atoms with van der Waals surface area (Å²) in [6, 6.07) is -0.0489. The maximum Gasteiger partial charge on any atom is 0.309 e. The second-order valence-corrected chi connectivity index (χ2v) is 5.33. The lowest BCUT2D eigenvalue weighted by Crippen LogP contribution is -2.42. The molecule has 0 aromatic carbocycles. The van der Waals surface area contributed by atoms with Gasteiger partial charge in [-0.3, -0.25) is 9.59 Å². The number of nitrogens with one attached hydrogen (secondary N) is 1. The van der Waals surface area contributed by atoms with Crippen LogP contribution < -0.4 is 5.32 Å². The highest BCUT2D eigenvalue weighted by atomic mass is 16.5. The molecule has 0 aliphatic heterocycles. The van der Waals surface area contributed by atoms with Crippen LogP contribution >= 0.6 is 0 Å². The number of ether oxygens (including phenoxy) is 1. The molecule has 0 radical (unpaired) electrons. The lowest BCUT2D eigenvalue weighted by Gasteiger charge is -2.22. The molecule has 112 valence electrons. The molecular formula is C16H25NO3. The Labute approximate surface area is 121 Å². The lowest BCUT2D eigenvalue weighted by atomic mass is 10.1. The zero-order valence-corrected chi connectivity index (χ0v) is 12.3. The third-order valence-electron chi connectivity index (χ3n) is 3.56. The Morgan fingerprint density at radius 3 is 2.75 bits per heavy atom. The Morgan fingerprint density at radius 2 is 2.10 bits per heavy atom. The van der Waals surface area contributed by atoms with Gasteiger partial charge in [0.15, 0.2) is 0 Å². The molecule has 1 rings (SSSR count). The van der Waals surface area contributed by atoms with E-state index in [0.717, 1.165) is 19.3 Å². The van der Waals surface area contributed by atoms with Gasteiger partial charge in [-0.1, -0.05) is 19.1 Å². The molecule has 1 aliphatic carbocycles. The second-order valence-electron chi connectivity index (χ2n) is 5.33. The number of hydrogen-bond donors (Lipinski definition) is 1. The molecule has 2 unspecified atom stereocenters. The fourth-order valence-electron chi connectivity index (χ4n) is 2.36. The van der Waals surface area contributed by atoms with Crippen LogP contribution in [0.2, 0.25) is 0 Å². The van der Waals surface area contributed by atoms with Gasteiger partial charge >= 0.3 is 5.97 Å². The fourth-order valence-corrected chi connectivity index (χ4v) is 2.36. The van der Waals surface area contributed by atoms with Gasteiger partial charge in [0.1, 0.15) is 6.10 Å². The van der Waals surface area contributed by atoms with Gasteiger partial charge in [-0.2, -0.15) is 0 Å². The summed E-state index contributed by atoms with van der Waals surface area (Å²) in [5.74, 6) is -0.385. The first-order valence-corrected chi connectivity index (χ1v) is 7.30. The normalized spacial score (nSPS) is 22.9. The van der Waals surface area contributed by atoms with E-state index in [0.29, 0.717) is 19.3 Å². The van der Waals surface area contributed by atoms with Crippen LogP contribution in [0.1, 0.15) is 45.4 Å². The minimum absolute atomic E-state index is 0.00279. The van der Waals surface area contributed by atoms with Gasteiger partial charge in [0.05, 0.1) is 12.0 Å². The number of allylic oxidation sites excluding steroid dienone is 2. The van der Waals surface area contributed by atoms with Crippen molar-refractivity contribution in [2.24, 2.45) is 5.92 Å². The number of rotatable bonds is 8. The molecule has 20 heavy (non-hydrogen) atoms. The van der Waals surface area contributed by atoms with Crippen LogP contribution in [0.15, 0.2) is 25.3 Å². The van der Waals surface area contributed by atoms with Gasteiger partial charge < -0.3 is 10.1 Å². The average molecular weight is 279 g/mol. The summed E-state index contributed by atoms with van der Waals surface area (Å²) in [4.78, 5) is 23.6. The Morgan fingerprint density at radius 1 is 1.35 bits per heavy atom. The van der Waals surface area contributed by atoms with Crippen molar-refractivity contribution in [1.29, 1.82) is 0 Å². The van der Waals surface area contributed by atoms with Crippen LogP contribution in [0, 0.1) is 5.92 Å². The summed E-state index contributed by atoms with van der Waals surface area (Å²) in [7, 11) is 0. The van der Waals surface area contributed by atoms with Crippen molar-refractivity contribution in [3.05, 3.63) is 25.3 Å². The molecule has 0 aromatic rings. The van der Waals surface area contributed by atoms with Crippen LogP contribution in [0.3, 0.4) is 0 Å². The van der Waals surface area contributed by atoms with E-state index in [-0.39, 0.29) is 29.9 Å². The summed E-state index contributed by atoms with van der Waals surface area (Å²) in [6.07, 6.45) is 7.63. The Bertz CT molecular complexity index is 365. The van der Waals surface area contributed by atoms with Gasteiger partial charge in [-0.15, -0.1) is 13.2 Å². The largest absolute Gasteiger partial charge is 0.460 e. The Hall–Kier alpha value is -1.58. The van der Waals surface area contributed by atoms with E-state index < -0.39 is 0 Å². The van der Waals surface area contributed by atoms with Gasteiger partial charge in [-0.05, 0) is 32.1 Å². The predicted octanol–water partition coefficient (Wildman–Crippen LogP) is 2.75. The van der Waals surface area contributed by atoms with Crippen molar-refractivity contribution in [1.82, 2.24) is 5.32 Å². The average Bonchev–Trinajstić information content (AvgIpc) is 2.83. The van der Waals surface area contributed by atoms with Gasteiger partial charge in [0, 0.05) is 6.42 Å². The zero-order valence-electron chi connectivity index (χ0n) is 12.3. The molecule has 1 N–H and O–H groups in total. The summed E-state index contributed by atoms with van der Waals surface area (Å²) in [6.45, 7) is 9.05. The van der Waals surface area contributed by atoms with Crippen molar-refractivity contribution >= 4 is 11.9 Å². The highest BCUT2D eigenvalue weighted by Gasteiger charge is 2.32. The Balaban J connectivity index is 2.44. The maximum absolute atomic E-state index is 11.9. The number of carbonyl (C=O) groups is 2. The first-order valence-electron chi connectivity index (χ1n) is 7.30. The molecule has 0 saturated heterocycles. The summed E-state index contributed by atoms with van der Waals surface area (Å²) in [5, 5.41) is 2.96. The van der Waals surface area contributed by atoms with Gasteiger partial charge in [0.2, 0.25) is 5.91 Å². The van der Waals surface area contributed by atoms with Crippen molar-refractivity contribution in [3.63, 3.8) is 0 Å². The van der Waals surface area contributed by atoms with E-state index in [2.05, 4.69) is 18.5 Å². The topological polar surface area (TPSA) is 55.4 Å². The Kier molecular flexibility index (Phi) is 7.05. The SMILES string of the molecule is C=CCCC(=O)NC1CCCC1OC(=O)[C@@H](C)CC=C. The molecule has 4 heteroatoms. The third kappa shape index (κ3) is 5.19. The van der Waals surface area contributed by atoms with E-state index in [4.69, 9.17) is 4.74 Å². The molecule has 4 nitrogen and oxygen atoms in total. The lowest BCUT2D eigenvalue weighted by molar-refractivity contribution is -0.154. The highest BCUT2D eigenvalue weighted by molar-refractivity contribution is 5.76. The van der Waals surface area contributed by atoms with Crippen molar-refractivity contribution < 1.29 is 14.3 Å². The number of hydrogen-bond acceptors (Lipinski definition) is 3. The minimum Gasteiger partial charge on any atom is -0.460 e. The quantitative estimate of drug-likeness (QED) is 0.549. The zero-order chi connectivity index (χ0) is 15.0. The van der Waals surface area contributed by atoms with E-state index in [1.54, 1.807) is 12.2 Å². The van der Waals surface area contributed by atoms with E-state index in [1.807, 2.05) is 6.92 Å². The van der Waals surface area contributed by atoms with Crippen LogP contribution in [-0.4, -0.2) is 24.0 Å². The molecule has 1 saturated carbocycles. The summed E-state index contributed by atoms with van der Waals surface area (Å²) < 4.78 is 5.52. The minimum atomic E-state index is -0.206. The van der Waals surface area contributed by atoms with E-state index >= 15 is 0 Å². The first kappa shape index (κ1) is 16.5.